The fourth-order valence-electron chi connectivity index (χ4n) is 5.53. The Hall–Kier alpha value is -2.89. The number of carbonyl (C=O) groups is 1. The molecule has 1 aliphatic rings. The normalized spacial score (nSPS) is 18.3. The van der Waals surface area contributed by atoms with Crippen molar-refractivity contribution >= 4 is 16.8 Å². The summed E-state index contributed by atoms with van der Waals surface area (Å²) in [4.78, 5) is 19.0. The van der Waals surface area contributed by atoms with Crippen LogP contribution in [0.3, 0.4) is 0 Å². The number of alkyl halides is 2. The summed E-state index contributed by atoms with van der Waals surface area (Å²) in [7, 11) is 0. The highest BCUT2D eigenvalue weighted by Gasteiger charge is 2.52. The second kappa shape index (κ2) is 8.57. The molecule has 6 heteroatoms. The first-order valence-corrected chi connectivity index (χ1v) is 11.2. The predicted molar refractivity (Wildman–Crippen MR) is 122 cm³/mol. The Balaban J connectivity index is 1.75. The van der Waals surface area contributed by atoms with Crippen molar-refractivity contribution in [2.75, 3.05) is 6.54 Å². The standard InChI is InChI=1S/C26H30F2N2O2/c1-16(2)26(17(3)4)14-19(18-9-6-5-7-10-18)15-30(26)24(31)22-13-20-21(29-22)11-8-12-23(20)32-25(27)28/h5-13,16-17,19,25,29H,14-15H2,1-4H3. The van der Waals surface area contributed by atoms with Gasteiger partial charge in [0.15, 0.2) is 0 Å². The number of hydrogen-bond donors (Lipinski definition) is 1. The second-order valence-electron chi connectivity index (χ2n) is 9.31. The molecule has 2 heterocycles. The molecule has 4 rings (SSSR count). The molecule has 1 fully saturated rings. The van der Waals surface area contributed by atoms with Gasteiger partial charge in [-0.15, -0.1) is 0 Å². The van der Waals surface area contributed by atoms with E-state index < -0.39 is 6.61 Å². The Morgan fingerprint density at radius 1 is 1.06 bits per heavy atom. The molecule has 1 unspecified atom stereocenters. The van der Waals surface area contributed by atoms with Crippen LogP contribution in [0.1, 0.15) is 56.1 Å². The van der Waals surface area contributed by atoms with Crippen LogP contribution in [-0.4, -0.2) is 34.5 Å². The lowest BCUT2D eigenvalue weighted by atomic mass is 9.72. The zero-order chi connectivity index (χ0) is 23.0. The maximum absolute atomic E-state index is 13.9. The van der Waals surface area contributed by atoms with Crippen LogP contribution in [-0.2, 0) is 0 Å². The fraction of sp³-hybridized carbons (Fsp3) is 0.423. The van der Waals surface area contributed by atoms with E-state index in [4.69, 9.17) is 0 Å². The lowest BCUT2D eigenvalue weighted by molar-refractivity contribution is -0.0487. The average Bonchev–Trinajstić information content (AvgIpc) is 3.37. The van der Waals surface area contributed by atoms with Gasteiger partial charge >= 0.3 is 6.61 Å². The Kier molecular flexibility index (Phi) is 5.97. The molecular weight excluding hydrogens is 410 g/mol. The zero-order valence-corrected chi connectivity index (χ0v) is 18.9. The van der Waals surface area contributed by atoms with E-state index in [0.717, 1.165) is 6.42 Å². The summed E-state index contributed by atoms with van der Waals surface area (Å²) in [6.45, 7) is 6.39. The number of nitrogens with zero attached hydrogens (tertiary/aromatic N) is 1. The molecule has 170 valence electrons. The molecule has 1 N–H and O–H groups in total. The van der Waals surface area contributed by atoms with Crippen LogP contribution >= 0.6 is 0 Å². The van der Waals surface area contributed by atoms with Gasteiger partial charge in [-0.25, -0.2) is 0 Å². The molecule has 1 amide bonds. The summed E-state index contributed by atoms with van der Waals surface area (Å²) in [5, 5.41) is 0.481. The second-order valence-corrected chi connectivity index (χ2v) is 9.31. The number of aromatic nitrogens is 1. The molecule has 3 aromatic rings. The van der Waals surface area contributed by atoms with E-state index in [2.05, 4.69) is 49.5 Å². The van der Waals surface area contributed by atoms with Crippen LogP contribution in [0.15, 0.2) is 54.6 Å². The smallest absolute Gasteiger partial charge is 0.387 e. The number of halogens is 2. The van der Waals surface area contributed by atoms with Crippen LogP contribution in [0.5, 0.6) is 5.75 Å². The summed E-state index contributed by atoms with van der Waals surface area (Å²) in [6, 6.07) is 16.9. The Morgan fingerprint density at radius 3 is 2.38 bits per heavy atom. The first-order valence-electron chi connectivity index (χ1n) is 11.2. The third-order valence-electron chi connectivity index (χ3n) is 7.07. The minimum Gasteiger partial charge on any atom is -0.434 e. The van der Waals surface area contributed by atoms with Gasteiger partial charge in [-0.05, 0) is 42.0 Å². The number of amides is 1. The molecule has 0 spiro atoms. The quantitative estimate of drug-likeness (QED) is 0.479. The topological polar surface area (TPSA) is 45.3 Å². The van der Waals surface area contributed by atoms with E-state index >= 15 is 0 Å². The van der Waals surface area contributed by atoms with Gasteiger partial charge in [0.1, 0.15) is 11.4 Å². The van der Waals surface area contributed by atoms with Crippen molar-refractivity contribution in [1.29, 1.82) is 0 Å². The monoisotopic (exact) mass is 440 g/mol. The van der Waals surface area contributed by atoms with Crippen molar-refractivity contribution in [3.05, 3.63) is 65.9 Å². The minimum atomic E-state index is -2.92. The third-order valence-corrected chi connectivity index (χ3v) is 7.07. The van der Waals surface area contributed by atoms with Crippen LogP contribution in [0, 0.1) is 11.8 Å². The lowest BCUT2D eigenvalue weighted by Gasteiger charge is -2.45. The first-order chi connectivity index (χ1) is 15.2. The highest BCUT2D eigenvalue weighted by molar-refractivity contribution is 6.00. The predicted octanol–water partition coefficient (Wildman–Crippen LogP) is 6.45. The maximum atomic E-state index is 13.9. The van der Waals surface area contributed by atoms with Crippen molar-refractivity contribution in [1.82, 2.24) is 9.88 Å². The first kappa shape index (κ1) is 22.3. The van der Waals surface area contributed by atoms with Gasteiger partial charge in [-0.3, -0.25) is 4.79 Å². The summed E-state index contributed by atoms with van der Waals surface area (Å²) >= 11 is 0. The van der Waals surface area contributed by atoms with E-state index in [1.165, 1.54) is 11.6 Å². The molecule has 1 saturated heterocycles. The number of ether oxygens (including phenoxy) is 1. The molecule has 0 aliphatic carbocycles. The SMILES string of the molecule is CC(C)C1(C(C)C)CC(c2ccccc2)CN1C(=O)c1cc2c(OC(F)F)cccc2[nH]1. The Morgan fingerprint density at radius 2 is 1.75 bits per heavy atom. The highest BCUT2D eigenvalue weighted by atomic mass is 19.3. The molecule has 4 nitrogen and oxygen atoms in total. The number of aromatic amines is 1. The third kappa shape index (κ3) is 3.76. The zero-order valence-electron chi connectivity index (χ0n) is 18.9. The van der Waals surface area contributed by atoms with E-state index in [1.807, 2.05) is 23.1 Å². The van der Waals surface area contributed by atoms with Crippen LogP contribution < -0.4 is 4.74 Å². The van der Waals surface area contributed by atoms with Gasteiger partial charge < -0.3 is 14.6 Å². The fourth-order valence-corrected chi connectivity index (χ4v) is 5.53. The number of carbonyl (C=O) groups excluding carboxylic acids is 1. The summed E-state index contributed by atoms with van der Waals surface area (Å²) in [6.07, 6.45) is 0.887. The largest absolute Gasteiger partial charge is 0.434 e. The molecule has 0 radical (unpaired) electrons. The van der Waals surface area contributed by atoms with Crippen molar-refractivity contribution in [2.45, 2.75) is 52.2 Å². The van der Waals surface area contributed by atoms with Crippen molar-refractivity contribution in [3.8, 4) is 5.75 Å². The Labute approximate surface area is 187 Å². The van der Waals surface area contributed by atoms with Crippen LogP contribution in [0.25, 0.3) is 10.9 Å². The maximum Gasteiger partial charge on any atom is 0.387 e. The number of rotatable bonds is 6. The molecule has 1 atom stereocenters. The van der Waals surface area contributed by atoms with E-state index in [-0.39, 0.29) is 34.9 Å². The molecule has 1 aliphatic heterocycles. The number of fused-ring (bicyclic) bond motifs is 1. The number of benzene rings is 2. The van der Waals surface area contributed by atoms with E-state index in [9.17, 15) is 13.6 Å². The lowest BCUT2D eigenvalue weighted by Crippen LogP contribution is -2.54. The molecule has 2 aromatic carbocycles. The number of nitrogens with one attached hydrogen (secondary N) is 1. The van der Waals surface area contributed by atoms with Crippen molar-refractivity contribution in [2.24, 2.45) is 11.8 Å². The van der Waals surface area contributed by atoms with Gasteiger partial charge in [0.2, 0.25) is 0 Å². The summed E-state index contributed by atoms with van der Waals surface area (Å²) in [5.41, 5.74) is 1.92. The highest BCUT2D eigenvalue weighted by Crippen LogP contribution is 2.48. The molecule has 1 aromatic heterocycles. The van der Waals surface area contributed by atoms with Gasteiger partial charge in [0, 0.05) is 28.9 Å². The number of likely N-dealkylation sites (tertiary alicyclic amines) is 1. The van der Waals surface area contributed by atoms with Gasteiger partial charge in [0.05, 0.1) is 0 Å². The average molecular weight is 441 g/mol. The van der Waals surface area contributed by atoms with Gasteiger partial charge in [-0.2, -0.15) is 8.78 Å². The number of hydrogen-bond acceptors (Lipinski definition) is 2. The van der Waals surface area contributed by atoms with Crippen molar-refractivity contribution in [3.63, 3.8) is 0 Å². The van der Waals surface area contributed by atoms with E-state index in [0.29, 0.717) is 23.1 Å². The minimum absolute atomic E-state index is 0.0652. The molecule has 0 saturated carbocycles. The summed E-state index contributed by atoms with van der Waals surface area (Å²) < 4.78 is 30.3. The van der Waals surface area contributed by atoms with Crippen LogP contribution in [0.4, 0.5) is 8.78 Å². The van der Waals surface area contributed by atoms with Crippen molar-refractivity contribution < 1.29 is 18.3 Å². The molecule has 0 bridgehead atoms. The van der Waals surface area contributed by atoms with E-state index in [1.54, 1.807) is 18.2 Å². The molecular formula is C26H30F2N2O2. The molecule has 32 heavy (non-hydrogen) atoms. The van der Waals surface area contributed by atoms with Crippen LogP contribution in [0.2, 0.25) is 0 Å². The Bertz CT molecular complexity index is 1080. The number of H-pyrrole nitrogens is 1. The van der Waals surface area contributed by atoms with Gasteiger partial charge in [0.25, 0.3) is 5.91 Å². The van der Waals surface area contributed by atoms with Gasteiger partial charge in [-0.1, -0.05) is 64.1 Å². The summed E-state index contributed by atoms with van der Waals surface area (Å²) in [5.74, 6) is 0.706.